The zero-order valence-electron chi connectivity index (χ0n) is 13.1. The molecule has 6 nitrogen and oxygen atoms in total. The number of nitrogens with one attached hydrogen (secondary N) is 2. The van der Waals surface area contributed by atoms with Crippen molar-refractivity contribution in [3.05, 3.63) is 30.2 Å². The van der Waals surface area contributed by atoms with Crippen molar-refractivity contribution >= 4 is 11.6 Å². The quantitative estimate of drug-likeness (QED) is 0.652. The van der Waals surface area contributed by atoms with E-state index in [1.165, 1.54) is 25.7 Å². The Balaban J connectivity index is 1.60. The standard InChI is InChI=1S/C16H24N6/c1-2-17-16(19-13-7-3-4-8-13)18-11-10-15-21-20-14-9-5-6-12-22(14)15/h5-6,9,12-13H,2-4,7-8,10-11H2,1H3,(H2,17,18,19). The molecule has 2 aromatic rings. The third kappa shape index (κ3) is 3.55. The van der Waals surface area contributed by atoms with Crippen LogP contribution in [0, 0.1) is 0 Å². The molecule has 6 heteroatoms. The van der Waals surface area contributed by atoms with Crippen molar-refractivity contribution in [2.24, 2.45) is 4.99 Å². The highest BCUT2D eigenvalue weighted by atomic mass is 15.2. The lowest BCUT2D eigenvalue weighted by Crippen LogP contribution is -2.42. The van der Waals surface area contributed by atoms with Gasteiger partial charge in [-0.15, -0.1) is 10.2 Å². The van der Waals surface area contributed by atoms with E-state index in [1.807, 2.05) is 28.8 Å². The lowest BCUT2D eigenvalue weighted by atomic mass is 10.2. The Morgan fingerprint density at radius 3 is 3.00 bits per heavy atom. The minimum atomic E-state index is 0.576. The molecule has 0 atom stereocenters. The van der Waals surface area contributed by atoms with Crippen LogP contribution >= 0.6 is 0 Å². The van der Waals surface area contributed by atoms with Gasteiger partial charge in [0.1, 0.15) is 5.82 Å². The Morgan fingerprint density at radius 1 is 1.32 bits per heavy atom. The number of aliphatic imine (C=N–C) groups is 1. The minimum absolute atomic E-state index is 0.576. The van der Waals surface area contributed by atoms with E-state index in [4.69, 9.17) is 0 Å². The van der Waals surface area contributed by atoms with Gasteiger partial charge >= 0.3 is 0 Å². The van der Waals surface area contributed by atoms with Crippen molar-refractivity contribution in [2.75, 3.05) is 13.1 Å². The number of pyridine rings is 1. The lowest BCUT2D eigenvalue weighted by Gasteiger charge is -2.16. The molecule has 1 aliphatic carbocycles. The van der Waals surface area contributed by atoms with Crippen LogP contribution in [0.3, 0.4) is 0 Å². The molecule has 0 bridgehead atoms. The van der Waals surface area contributed by atoms with Gasteiger partial charge in [0.05, 0.1) is 0 Å². The van der Waals surface area contributed by atoms with Crippen molar-refractivity contribution in [2.45, 2.75) is 45.1 Å². The molecule has 0 saturated heterocycles. The number of rotatable bonds is 5. The molecule has 0 aliphatic heterocycles. The second kappa shape index (κ2) is 7.24. The zero-order valence-corrected chi connectivity index (χ0v) is 13.1. The molecular weight excluding hydrogens is 276 g/mol. The molecule has 118 valence electrons. The first-order valence-corrected chi connectivity index (χ1v) is 8.20. The SMILES string of the molecule is CCNC(=NCCc1nnc2ccccn12)NC1CCCC1. The van der Waals surface area contributed by atoms with Gasteiger partial charge in [-0.05, 0) is 31.9 Å². The second-order valence-electron chi connectivity index (χ2n) is 5.68. The van der Waals surface area contributed by atoms with Crippen molar-refractivity contribution in [3.63, 3.8) is 0 Å². The van der Waals surface area contributed by atoms with E-state index in [9.17, 15) is 0 Å². The molecule has 1 aliphatic rings. The third-order valence-electron chi connectivity index (χ3n) is 4.03. The van der Waals surface area contributed by atoms with E-state index < -0.39 is 0 Å². The fourth-order valence-corrected chi connectivity index (χ4v) is 2.91. The minimum Gasteiger partial charge on any atom is -0.357 e. The molecule has 0 radical (unpaired) electrons. The van der Waals surface area contributed by atoms with Crippen LogP contribution in [0.5, 0.6) is 0 Å². The predicted octanol–water partition coefficient (Wildman–Crippen LogP) is 1.77. The monoisotopic (exact) mass is 300 g/mol. The van der Waals surface area contributed by atoms with Gasteiger partial charge in [-0.25, -0.2) is 0 Å². The number of aromatic nitrogens is 3. The molecule has 0 spiro atoms. The van der Waals surface area contributed by atoms with Crippen LogP contribution in [0.2, 0.25) is 0 Å². The van der Waals surface area contributed by atoms with Gasteiger partial charge in [0.15, 0.2) is 11.6 Å². The predicted molar refractivity (Wildman–Crippen MR) is 88.1 cm³/mol. The molecule has 1 fully saturated rings. The number of guanidine groups is 1. The summed E-state index contributed by atoms with van der Waals surface area (Å²) in [6.07, 6.45) is 7.92. The van der Waals surface area contributed by atoms with Gasteiger partial charge in [0, 0.05) is 31.7 Å². The first-order chi connectivity index (χ1) is 10.9. The average Bonchev–Trinajstić information content (AvgIpc) is 3.18. The van der Waals surface area contributed by atoms with E-state index in [1.54, 1.807) is 0 Å². The Morgan fingerprint density at radius 2 is 2.18 bits per heavy atom. The Labute approximate surface area is 131 Å². The molecule has 2 aromatic heterocycles. The summed E-state index contributed by atoms with van der Waals surface area (Å²) in [6.45, 7) is 3.68. The van der Waals surface area contributed by atoms with Crippen LogP contribution in [0.1, 0.15) is 38.4 Å². The summed E-state index contributed by atoms with van der Waals surface area (Å²) in [6, 6.07) is 6.51. The van der Waals surface area contributed by atoms with Gasteiger partial charge in [0.2, 0.25) is 0 Å². The Kier molecular flexibility index (Phi) is 4.88. The Hall–Kier alpha value is -2.11. The van der Waals surface area contributed by atoms with E-state index in [0.29, 0.717) is 12.6 Å². The van der Waals surface area contributed by atoms with Crippen LogP contribution in [0.4, 0.5) is 0 Å². The lowest BCUT2D eigenvalue weighted by molar-refractivity contribution is 0.613. The molecule has 2 heterocycles. The van der Waals surface area contributed by atoms with E-state index in [0.717, 1.165) is 30.4 Å². The van der Waals surface area contributed by atoms with Crippen LogP contribution in [-0.2, 0) is 6.42 Å². The number of nitrogens with zero attached hydrogens (tertiary/aromatic N) is 4. The topological polar surface area (TPSA) is 66.6 Å². The van der Waals surface area contributed by atoms with Crippen LogP contribution in [-0.4, -0.2) is 39.7 Å². The van der Waals surface area contributed by atoms with Gasteiger partial charge in [-0.2, -0.15) is 0 Å². The summed E-state index contributed by atoms with van der Waals surface area (Å²) < 4.78 is 2.02. The molecule has 0 unspecified atom stereocenters. The summed E-state index contributed by atoms with van der Waals surface area (Å²) in [7, 11) is 0. The molecular formula is C16H24N6. The number of fused-ring (bicyclic) bond motifs is 1. The van der Waals surface area contributed by atoms with Crippen molar-refractivity contribution in [1.82, 2.24) is 25.2 Å². The van der Waals surface area contributed by atoms with Crippen LogP contribution < -0.4 is 10.6 Å². The largest absolute Gasteiger partial charge is 0.357 e. The summed E-state index contributed by atoms with van der Waals surface area (Å²) in [5.74, 6) is 1.87. The highest BCUT2D eigenvalue weighted by molar-refractivity contribution is 5.80. The van der Waals surface area contributed by atoms with Gasteiger partial charge in [-0.3, -0.25) is 9.39 Å². The van der Waals surface area contributed by atoms with E-state index in [2.05, 4.69) is 32.7 Å². The maximum absolute atomic E-state index is 4.67. The fraction of sp³-hybridized carbons (Fsp3) is 0.562. The van der Waals surface area contributed by atoms with Crippen molar-refractivity contribution in [3.8, 4) is 0 Å². The van der Waals surface area contributed by atoms with Crippen molar-refractivity contribution < 1.29 is 0 Å². The first-order valence-electron chi connectivity index (χ1n) is 8.20. The zero-order chi connectivity index (χ0) is 15.2. The summed E-state index contributed by atoms with van der Waals surface area (Å²) in [5, 5.41) is 15.3. The van der Waals surface area contributed by atoms with Gasteiger partial charge in [0.25, 0.3) is 0 Å². The molecule has 2 N–H and O–H groups in total. The van der Waals surface area contributed by atoms with E-state index >= 15 is 0 Å². The Bertz CT molecular complexity index is 626. The van der Waals surface area contributed by atoms with E-state index in [-0.39, 0.29) is 0 Å². The fourth-order valence-electron chi connectivity index (χ4n) is 2.91. The maximum Gasteiger partial charge on any atom is 0.191 e. The van der Waals surface area contributed by atoms with Crippen LogP contribution in [0.15, 0.2) is 29.4 Å². The van der Waals surface area contributed by atoms with Crippen molar-refractivity contribution in [1.29, 1.82) is 0 Å². The van der Waals surface area contributed by atoms with Gasteiger partial charge in [-0.1, -0.05) is 18.9 Å². The summed E-state index contributed by atoms with van der Waals surface area (Å²) >= 11 is 0. The molecule has 1 saturated carbocycles. The average molecular weight is 300 g/mol. The highest BCUT2D eigenvalue weighted by Gasteiger charge is 2.15. The molecule has 0 amide bonds. The molecule has 22 heavy (non-hydrogen) atoms. The maximum atomic E-state index is 4.67. The molecule has 3 rings (SSSR count). The van der Waals surface area contributed by atoms with Crippen LogP contribution in [0.25, 0.3) is 5.65 Å². The van der Waals surface area contributed by atoms with Gasteiger partial charge < -0.3 is 10.6 Å². The highest BCUT2D eigenvalue weighted by Crippen LogP contribution is 2.17. The molecule has 0 aromatic carbocycles. The first kappa shape index (κ1) is 14.8. The smallest absolute Gasteiger partial charge is 0.191 e. The normalized spacial score (nSPS) is 16.3. The summed E-state index contributed by atoms with van der Waals surface area (Å²) in [5.41, 5.74) is 0.887. The summed E-state index contributed by atoms with van der Waals surface area (Å²) in [4.78, 5) is 4.67. The third-order valence-corrected chi connectivity index (χ3v) is 4.03. The second-order valence-corrected chi connectivity index (χ2v) is 5.68. The number of hydrogen-bond donors (Lipinski definition) is 2. The number of hydrogen-bond acceptors (Lipinski definition) is 3.